The lowest BCUT2D eigenvalue weighted by Gasteiger charge is -2.18. The van der Waals surface area contributed by atoms with Crippen LogP contribution in [0.1, 0.15) is 44.7 Å². The summed E-state index contributed by atoms with van der Waals surface area (Å²) in [6.45, 7) is 4.22. The lowest BCUT2D eigenvalue weighted by molar-refractivity contribution is -0.120. The van der Waals surface area contributed by atoms with Crippen LogP contribution in [0.15, 0.2) is 5.38 Å². The fourth-order valence-electron chi connectivity index (χ4n) is 2.92. The highest BCUT2D eigenvalue weighted by Gasteiger charge is 2.42. The monoisotopic (exact) mass is 265 g/mol. The molecule has 2 N–H and O–H groups in total. The SMILES string of the molecule is CC(C)c1csc(NC(=O)C2CC3CCC2N3)n1. The summed E-state index contributed by atoms with van der Waals surface area (Å²) < 4.78 is 0. The zero-order valence-corrected chi connectivity index (χ0v) is 11.6. The van der Waals surface area contributed by atoms with E-state index in [4.69, 9.17) is 0 Å². The minimum absolute atomic E-state index is 0.134. The van der Waals surface area contributed by atoms with Gasteiger partial charge in [0.1, 0.15) is 0 Å². The molecular weight excluding hydrogens is 246 g/mol. The highest BCUT2D eigenvalue weighted by atomic mass is 32.1. The summed E-state index contributed by atoms with van der Waals surface area (Å²) >= 11 is 1.52. The Morgan fingerprint density at radius 3 is 2.94 bits per heavy atom. The van der Waals surface area contributed by atoms with E-state index in [-0.39, 0.29) is 11.8 Å². The highest BCUT2D eigenvalue weighted by molar-refractivity contribution is 7.13. The van der Waals surface area contributed by atoms with Gasteiger partial charge in [-0.2, -0.15) is 0 Å². The van der Waals surface area contributed by atoms with Crippen molar-refractivity contribution in [3.63, 3.8) is 0 Å². The molecule has 0 radical (unpaired) electrons. The van der Waals surface area contributed by atoms with Crippen molar-refractivity contribution in [1.82, 2.24) is 10.3 Å². The second-order valence-corrected chi connectivity index (χ2v) is 6.47. The van der Waals surface area contributed by atoms with Crippen LogP contribution in [-0.2, 0) is 4.79 Å². The molecule has 18 heavy (non-hydrogen) atoms. The number of rotatable bonds is 3. The molecule has 4 nitrogen and oxygen atoms in total. The predicted molar refractivity (Wildman–Crippen MR) is 72.9 cm³/mol. The number of nitrogens with zero attached hydrogens (tertiary/aromatic N) is 1. The molecule has 0 saturated carbocycles. The first-order chi connectivity index (χ1) is 8.63. The summed E-state index contributed by atoms with van der Waals surface area (Å²) in [7, 11) is 0. The zero-order chi connectivity index (χ0) is 12.7. The molecule has 2 aliphatic rings. The maximum atomic E-state index is 12.2. The lowest BCUT2D eigenvalue weighted by Crippen LogP contribution is -2.32. The number of amides is 1. The van der Waals surface area contributed by atoms with Gasteiger partial charge >= 0.3 is 0 Å². The molecule has 3 rings (SSSR count). The van der Waals surface area contributed by atoms with Crippen LogP contribution < -0.4 is 10.6 Å². The molecule has 2 fully saturated rings. The maximum absolute atomic E-state index is 12.2. The van der Waals surface area contributed by atoms with Gasteiger partial charge in [0, 0.05) is 17.5 Å². The third kappa shape index (κ3) is 2.17. The first-order valence-electron chi connectivity index (χ1n) is 6.66. The molecule has 2 bridgehead atoms. The molecular formula is C13H19N3OS. The van der Waals surface area contributed by atoms with Crippen molar-refractivity contribution in [2.45, 2.75) is 51.1 Å². The predicted octanol–water partition coefficient (Wildman–Crippen LogP) is 2.35. The van der Waals surface area contributed by atoms with Crippen molar-refractivity contribution in [2.75, 3.05) is 5.32 Å². The number of carbonyl (C=O) groups excluding carboxylic acids is 1. The van der Waals surface area contributed by atoms with Gasteiger partial charge in [-0.25, -0.2) is 4.98 Å². The topological polar surface area (TPSA) is 54.0 Å². The minimum Gasteiger partial charge on any atom is -0.310 e. The van der Waals surface area contributed by atoms with E-state index in [0.29, 0.717) is 18.0 Å². The van der Waals surface area contributed by atoms with Gasteiger partial charge in [0.25, 0.3) is 0 Å². The van der Waals surface area contributed by atoms with E-state index in [0.717, 1.165) is 23.7 Å². The van der Waals surface area contributed by atoms with Crippen molar-refractivity contribution < 1.29 is 4.79 Å². The number of aromatic nitrogens is 1. The largest absolute Gasteiger partial charge is 0.310 e. The van der Waals surface area contributed by atoms with Crippen LogP contribution in [0, 0.1) is 5.92 Å². The number of nitrogens with one attached hydrogen (secondary N) is 2. The maximum Gasteiger partial charge on any atom is 0.230 e. The van der Waals surface area contributed by atoms with Crippen molar-refractivity contribution in [3.05, 3.63) is 11.1 Å². The van der Waals surface area contributed by atoms with Crippen molar-refractivity contribution in [1.29, 1.82) is 0 Å². The van der Waals surface area contributed by atoms with Gasteiger partial charge in [-0.3, -0.25) is 4.79 Å². The fourth-order valence-corrected chi connectivity index (χ4v) is 3.80. The number of carbonyl (C=O) groups is 1. The van der Waals surface area contributed by atoms with Gasteiger partial charge in [0.2, 0.25) is 5.91 Å². The van der Waals surface area contributed by atoms with Crippen molar-refractivity contribution in [3.8, 4) is 0 Å². The average molecular weight is 265 g/mol. The summed E-state index contributed by atoms with van der Waals surface area (Å²) in [5, 5.41) is 9.23. The molecule has 5 heteroatoms. The molecule has 1 aromatic heterocycles. The van der Waals surface area contributed by atoms with Crippen LogP contribution in [0.25, 0.3) is 0 Å². The van der Waals surface area contributed by atoms with E-state index in [1.165, 1.54) is 17.8 Å². The number of hydrogen-bond donors (Lipinski definition) is 2. The molecule has 1 aromatic rings. The molecule has 3 atom stereocenters. The Bertz CT molecular complexity index is 457. The van der Waals surface area contributed by atoms with Crippen LogP contribution in [-0.4, -0.2) is 23.0 Å². The van der Waals surface area contributed by atoms with Gasteiger partial charge in [0.15, 0.2) is 5.13 Å². The Kier molecular flexibility index (Phi) is 3.11. The van der Waals surface area contributed by atoms with Gasteiger partial charge in [-0.15, -0.1) is 11.3 Å². The van der Waals surface area contributed by atoms with Crippen LogP contribution >= 0.6 is 11.3 Å². The van der Waals surface area contributed by atoms with Crippen LogP contribution in [0.3, 0.4) is 0 Å². The zero-order valence-electron chi connectivity index (χ0n) is 10.8. The number of hydrogen-bond acceptors (Lipinski definition) is 4. The van der Waals surface area contributed by atoms with Crippen LogP contribution in [0.4, 0.5) is 5.13 Å². The normalized spacial score (nSPS) is 30.1. The fraction of sp³-hybridized carbons (Fsp3) is 0.692. The Morgan fingerprint density at radius 2 is 2.39 bits per heavy atom. The first-order valence-corrected chi connectivity index (χ1v) is 7.54. The number of fused-ring (bicyclic) bond motifs is 2. The van der Waals surface area contributed by atoms with Crippen LogP contribution in [0.5, 0.6) is 0 Å². The minimum atomic E-state index is 0.134. The Labute approximate surface area is 111 Å². The molecule has 0 spiro atoms. The second kappa shape index (κ2) is 4.63. The van der Waals surface area contributed by atoms with Gasteiger partial charge < -0.3 is 10.6 Å². The Hall–Kier alpha value is -0.940. The molecule has 3 unspecified atom stereocenters. The van der Waals surface area contributed by atoms with E-state index in [1.807, 2.05) is 5.38 Å². The third-order valence-corrected chi connectivity index (χ3v) is 4.76. The summed E-state index contributed by atoms with van der Waals surface area (Å²) in [4.78, 5) is 16.6. The Morgan fingerprint density at radius 1 is 1.56 bits per heavy atom. The third-order valence-electron chi connectivity index (χ3n) is 3.98. The van der Waals surface area contributed by atoms with Gasteiger partial charge in [0.05, 0.1) is 11.6 Å². The van der Waals surface area contributed by atoms with E-state index in [2.05, 4.69) is 29.5 Å². The van der Waals surface area contributed by atoms with Crippen molar-refractivity contribution >= 4 is 22.4 Å². The molecule has 3 heterocycles. The summed E-state index contributed by atoms with van der Waals surface area (Å²) in [6.07, 6.45) is 3.35. The van der Waals surface area contributed by atoms with Crippen LogP contribution in [0.2, 0.25) is 0 Å². The summed E-state index contributed by atoms with van der Waals surface area (Å²) in [5.41, 5.74) is 1.06. The highest BCUT2D eigenvalue weighted by Crippen LogP contribution is 2.34. The second-order valence-electron chi connectivity index (χ2n) is 5.61. The average Bonchev–Trinajstić information content (AvgIpc) is 3.03. The first kappa shape index (κ1) is 12.1. The molecule has 98 valence electrons. The lowest BCUT2D eigenvalue weighted by atomic mass is 9.88. The number of anilines is 1. The van der Waals surface area contributed by atoms with E-state index in [9.17, 15) is 4.79 Å². The molecule has 2 saturated heterocycles. The van der Waals surface area contributed by atoms with Gasteiger partial charge in [-0.1, -0.05) is 13.8 Å². The molecule has 1 amide bonds. The van der Waals surface area contributed by atoms with E-state index < -0.39 is 0 Å². The summed E-state index contributed by atoms with van der Waals surface area (Å²) in [6, 6.07) is 0.952. The van der Waals surface area contributed by atoms with Gasteiger partial charge in [-0.05, 0) is 25.2 Å². The smallest absolute Gasteiger partial charge is 0.230 e. The summed E-state index contributed by atoms with van der Waals surface area (Å²) in [5.74, 6) is 0.686. The van der Waals surface area contributed by atoms with E-state index in [1.54, 1.807) is 0 Å². The molecule has 0 aromatic carbocycles. The standard InChI is InChI=1S/C13H19N3OS/c1-7(2)11-6-18-13(15-11)16-12(17)9-5-8-3-4-10(9)14-8/h6-10,14H,3-5H2,1-2H3,(H,15,16,17). The number of thiazole rings is 1. The quantitative estimate of drug-likeness (QED) is 0.882. The molecule has 2 aliphatic heterocycles. The van der Waals surface area contributed by atoms with Crippen molar-refractivity contribution in [2.24, 2.45) is 5.92 Å². The molecule has 0 aliphatic carbocycles. The Balaban J connectivity index is 1.63. The van der Waals surface area contributed by atoms with E-state index >= 15 is 0 Å².